The highest BCUT2D eigenvalue weighted by atomic mass is 19.1. The summed E-state index contributed by atoms with van der Waals surface area (Å²) in [5.41, 5.74) is 5.79. The largest absolute Gasteiger partial charge is 0.478 e. The molecule has 0 amide bonds. The Kier molecular flexibility index (Phi) is 4.16. The van der Waals surface area contributed by atoms with Crippen LogP contribution in [0.15, 0.2) is 12.1 Å². The molecule has 1 aliphatic carbocycles. The summed E-state index contributed by atoms with van der Waals surface area (Å²) >= 11 is 0. The number of rotatable bonds is 3. The maximum absolute atomic E-state index is 14.1. The minimum absolute atomic E-state index is 0.0378. The van der Waals surface area contributed by atoms with Crippen LogP contribution in [0.4, 0.5) is 15.8 Å². The molecule has 1 aromatic carbocycles. The Morgan fingerprint density at radius 2 is 2.15 bits per heavy atom. The van der Waals surface area contributed by atoms with Crippen LogP contribution >= 0.6 is 0 Å². The van der Waals surface area contributed by atoms with Gasteiger partial charge in [0.25, 0.3) is 0 Å². The number of aromatic carboxylic acids is 1. The van der Waals surface area contributed by atoms with Crippen molar-refractivity contribution in [1.29, 1.82) is 0 Å². The molecule has 1 aromatic rings. The van der Waals surface area contributed by atoms with Gasteiger partial charge in [-0.25, -0.2) is 9.18 Å². The topological polar surface area (TPSA) is 66.6 Å². The van der Waals surface area contributed by atoms with Gasteiger partial charge in [0.1, 0.15) is 5.82 Å². The normalized spacial score (nSPS) is 22.6. The molecular weight excluding hydrogens is 259 g/mol. The molecule has 0 aliphatic heterocycles. The number of hydrogen-bond donors (Lipinski definition) is 2. The second kappa shape index (κ2) is 5.69. The monoisotopic (exact) mass is 280 g/mol. The zero-order chi connectivity index (χ0) is 14.9. The average molecular weight is 280 g/mol. The maximum atomic E-state index is 14.1. The molecular formula is C15H21FN2O2. The highest BCUT2D eigenvalue weighted by Gasteiger charge is 2.25. The van der Waals surface area contributed by atoms with Crippen molar-refractivity contribution in [3.63, 3.8) is 0 Å². The first-order valence-electron chi connectivity index (χ1n) is 6.95. The highest BCUT2D eigenvalue weighted by Crippen LogP contribution is 2.32. The molecule has 110 valence electrons. The van der Waals surface area contributed by atoms with E-state index in [1.165, 1.54) is 12.5 Å². The van der Waals surface area contributed by atoms with Crippen LogP contribution < -0.4 is 10.6 Å². The van der Waals surface area contributed by atoms with E-state index in [-0.39, 0.29) is 17.3 Å². The van der Waals surface area contributed by atoms with Gasteiger partial charge in [0, 0.05) is 18.8 Å². The van der Waals surface area contributed by atoms with Crippen LogP contribution in [0.3, 0.4) is 0 Å². The quantitative estimate of drug-likeness (QED) is 0.835. The average Bonchev–Trinajstić information content (AvgIpc) is 2.37. The molecule has 2 atom stereocenters. The van der Waals surface area contributed by atoms with Crippen molar-refractivity contribution in [1.82, 2.24) is 0 Å². The Labute approximate surface area is 118 Å². The van der Waals surface area contributed by atoms with Gasteiger partial charge in [-0.15, -0.1) is 0 Å². The fourth-order valence-electron chi connectivity index (χ4n) is 2.98. The lowest BCUT2D eigenvalue weighted by molar-refractivity contribution is 0.0698. The minimum atomic E-state index is -1.13. The molecule has 0 heterocycles. The molecule has 5 heteroatoms. The first kappa shape index (κ1) is 14.6. The zero-order valence-electron chi connectivity index (χ0n) is 11.9. The number of halogens is 1. The molecule has 3 N–H and O–H groups in total. The summed E-state index contributed by atoms with van der Waals surface area (Å²) in [6.07, 6.45) is 4.34. The number of carboxylic acid groups (broad SMARTS) is 1. The van der Waals surface area contributed by atoms with Crippen LogP contribution in [0.5, 0.6) is 0 Å². The Balaban J connectivity index is 2.31. The Morgan fingerprint density at radius 3 is 2.75 bits per heavy atom. The van der Waals surface area contributed by atoms with E-state index < -0.39 is 11.8 Å². The Morgan fingerprint density at radius 1 is 1.45 bits per heavy atom. The second-order valence-electron chi connectivity index (χ2n) is 5.73. The number of anilines is 2. The molecule has 2 unspecified atom stereocenters. The minimum Gasteiger partial charge on any atom is -0.478 e. The number of hydrogen-bond acceptors (Lipinski definition) is 3. The van der Waals surface area contributed by atoms with Crippen LogP contribution in [0.1, 0.15) is 43.0 Å². The van der Waals surface area contributed by atoms with E-state index in [0.29, 0.717) is 11.6 Å². The molecule has 2 rings (SSSR count). The zero-order valence-corrected chi connectivity index (χ0v) is 11.9. The molecule has 0 bridgehead atoms. The first-order chi connectivity index (χ1) is 9.40. The summed E-state index contributed by atoms with van der Waals surface area (Å²) in [4.78, 5) is 13.0. The van der Waals surface area contributed by atoms with Crippen molar-refractivity contribution >= 4 is 17.3 Å². The van der Waals surface area contributed by atoms with Crippen molar-refractivity contribution in [3.8, 4) is 0 Å². The van der Waals surface area contributed by atoms with E-state index in [1.807, 2.05) is 11.9 Å². The van der Waals surface area contributed by atoms with E-state index in [0.717, 1.165) is 25.3 Å². The lowest BCUT2D eigenvalue weighted by atomic mass is 9.86. The van der Waals surface area contributed by atoms with Crippen molar-refractivity contribution in [2.75, 3.05) is 17.7 Å². The van der Waals surface area contributed by atoms with Crippen LogP contribution in [0.25, 0.3) is 0 Å². The van der Waals surface area contributed by atoms with Crippen molar-refractivity contribution in [2.24, 2.45) is 5.92 Å². The van der Waals surface area contributed by atoms with Gasteiger partial charge in [-0.3, -0.25) is 0 Å². The molecule has 0 saturated heterocycles. The van der Waals surface area contributed by atoms with Crippen molar-refractivity contribution in [2.45, 2.75) is 38.6 Å². The molecule has 0 aromatic heterocycles. The van der Waals surface area contributed by atoms with Gasteiger partial charge in [-0.05, 0) is 30.9 Å². The number of benzene rings is 1. The van der Waals surface area contributed by atoms with E-state index in [4.69, 9.17) is 10.8 Å². The summed E-state index contributed by atoms with van der Waals surface area (Å²) in [5.74, 6) is -0.977. The van der Waals surface area contributed by atoms with E-state index in [9.17, 15) is 9.18 Å². The summed E-state index contributed by atoms with van der Waals surface area (Å²) in [7, 11) is 1.82. The third-order valence-electron chi connectivity index (χ3n) is 4.19. The summed E-state index contributed by atoms with van der Waals surface area (Å²) in [6, 6.07) is 2.69. The van der Waals surface area contributed by atoms with Gasteiger partial charge in [0.15, 0.2) is 0 Å². The SMILES string of the molecule is CC1CCCC(N(C)c2cc(C(=O)O)c(N)cc2F)C1. The number of carbonyl (C=O) groups is 1. The second-order valence-corrected chi connectivity index (χ2v) is 5.73. The molecule has 0 spiro atoms. The number of carboxylic acids is 1. The molecule has 1 aliphatic rings. The predicted molar refractivity (Wildman–Crippen MR) is 77.6 cm³/mol. The third kappa shape index (κ3) is 2.86. The van der Waals surface area contributed by atoms with Gasteiger partial charge in [-0.2, -0.15) is 0 Å². The molecule has 1 fully saturated rings. The maximum Gasteiger partial charge on any atom is 0.337 e. The number of nitrogens with zero attached hydrogens (tertiary/aromatic N) is 1. The van der Waals surface area contributed by atoms with E-state index in [1.54, 1.807) is 0 Å². The van der Waals surface area contributed by atoms with Crippen molar-refractivity contribution in [3.05, 3.63) is 23.5 Å². The van der Waals surface area contributed by atoms with Crippen LogP contribution in [-0.4, -0.2) is 24.2 Å². The van der Waals surface area contributed by atoms with Gasteiger partial charge in [0.2, 0.25) is 0 Å². The summed E-state index contributed by atoms with van der Waals surface area (Å²) in [5, 5.41) is 9.09. The van der Waals surface area contributed by atoms with E-state index >= 15 is 0 Å². The summed E-state index contributed by atoms with van der Waals surface area (Å²) in [6.45, 7) is 2.20. The smallest absolute Gasteiger partial charge is 0.337 e. The Bertz CT molecular complexity index is 519. The number of nitrogen functional groups attached to an aromatic ring is 1. The standard InChI is InChI=1S/C15H21FN2O2/c1-9-4-3-5-10(6-9)18(2)14-7-11(15(19)20)13(17)8-12(14)16/h7-10H,3-6,17H2,1-2H3,(H,19,20). The number of nitrogens with two attached hydrogens (primary N) is 1. The molecule has 4 nitrogen and oxygen atoms in total. The molecule has 20 heavy (non-hydrogen) atoms. The van der Waals surface area contributed by atoms with Crippen molar-refractivity contribution < 1.29 is 14.3 Å². The summed E-state index contributed by atoms with van der Waals surface area (Å²) < 4.78 is 14.1. The van der Waals surface area contributed by atoms with Crippen LogP contribution in [-0.2, 0) is 0 Å². The van der Waals surface area contributed by atoms with Crippen LogP contribution in [0, 0.1) is 11.7 Å². The lowest BCUT2D eigenvalue weighted by Crippen LogP contribution is -2.36. The lowest BCUT2D eigenvalue weighted by Gasteiger charge is -2.36. The fraction of sp³-hybridized carbons (Fsp3) is 0.533. The van der Waals surface area contributed by atoms with Gasteiger partial charge < -0.3 is 15.7 Å². The van der Waals surface area contributed by atoms with E-state index in [2.05, 4.69) is 6.92 Å². The molecule has 0 radical (unpaired) electrons. The fourth-order valence-corrected chi connectivity index (χ4v) is 2.98. The Hall–Kier alpha value is -1.78. The molecule has 1 saturated carbocycles. The van der Waals surface area contributed by atoms with Gasteiger partial charge in [0.05, 0.1) is 11.3 Å². The highest BCUT2D eigenvalue weighted by molar-refractivity contribution is 5.95. The first-order valence-corrected chi connectivity index (χ1v) is 6.95. The third-order valence-corrected chi connectivity index (χ3v) is 4.19. The van der Waals surface area contributed by atoms with Gasteiger partial charge in [-0.1, -0.05) is 19.8 Å². The predicted octanol–water partition coefficient (Wildman–Crippen LogP) is 3.12. The van der Waals surface area contributed by atoms with Gasteiger partial charge >= 0.3 is 5.97 Å². The van der Waals surface area contributed by atoms with Crippen LogP contribution in [0.2, 0.25) is 0 Å².